The molecular weight excluding hydrogens is 535 g/mol. The molecule has 1 aliphatic rings. The van der Waals surface area contributed by atoms with Crippen molar-refractivity contribution in [2.75, 3.05) is 44.6 Å². The van der Waals surface area contributed by atoms with Gasteiger partial charge in [0.15, 0.2) is 0 Å². The van der Waals surface area contributed by atoms with E-state index in [2.05, 4.69) is 15.6 Å². The van der Waals surface area contributed by atoms with Crippen LogP contribution in [0.5, 0.6) is 0 Å². The highest BCUT2D eigenvalue weighted by atomic mass is 19.4. The van der Waals surface area contributed by atoms with Crippen molar-refractivity contribution in [3.8, 4) is 0 Å². The maximum absolute atomic E-state index is 13.4. The molecule has 0 saturated carbocycles. The molecule has 1 aliphatic heterocycles. The number of carbonyl (C=O) groups excluding carboxylic acids is 2. The van der Waals surface area contributed by atoms with Crippen molar-refractivity contribution in [2.45, 2.75) is 31.1 Å². The molecule has 0 radical (unpaired) electrons. The second kappa shape index (κ2) is 12.9. The number of nitrogens with two attached hydrogens (primary N) is 3. The molecule has 0 aliphatic carbocycles. The van der Waals surface area contributed by atoms with E-state index in [1.54, 1.807) is 6.07 Å². The summed E-state index contributed by atoms with van der Waals surface area (Å²) in [5.41, 5.74) is 18.6. The third-order valence-corrected chi connectivity index (χ3v) is 7.63. The van der Waals surface area contributed by atoms with E-state index in [1.165, 1.54) is 18.3 Å². The van der Waals surface area contributed by atoms with Gasteiger partial charge < -0.3 is 32.3 Å². The Bertz CT molecular complexity index is 1340. The second-order valence-corrected chi connectivity index (χ2v) is 10.8. The van der Waals surface area contributed by atoms with Gasteiger partial charge in [-0.05, 0) is 36.2 Å². The molecule has 0 spiro atoms. The fourth-order valence-electron chi connectivity index (χ4n) is 5.60. The number of amides is 2. The predicted octanol–water partition coefficient (Wildman–Crippen LogP) is 2.00. The standard InChI is InChI=1S/C29H36F3N7O2/c30-29(31,32)22-7-5-19(6-8-22)14-26(28(41)37-23-15-21-3-1-2-4-25(21)36-16-23)38-27(40)24(35)13-20-17-39(18-20,11-9-33)12-10-34/h1-8,15-16,20,24,26H,9-14,17-18,33-35H2,(H-,37,38,40,41)/p+1/t24-,26-/m0/s1. The summed E-state index contributed by atoms with van der Waals surface area (Å²) in [6.07, 6.45) is -2.57. The Balaban J connectivity index is 1.45. The first kappa shape index (κ1) is 30.4. The molecule has 1 saturated heterocycles. The van der Waals surface area contributed by atoms with Crippen molar-refractivity contribution >= 4 is 28.4 Å². The van der Waals surface area contributed by atoms with Crippen LogP contribution in [0.1, 0.15) is 17.5 Å². The fourth-order valence-corrected chi connectivity index (χ4v) is 5.60. The highest BCUT2D eigenvalue weighted by Crippen LogP contribution is 2.30. The van der Waals surface area contributed by atoms with Gasteiger partial charge in [-0.3, -0.25) is 14.6 Å². The number of rotatable bonds is 12. The number of hydrogen-bond donors (Lipinski definition) is 5. The van der Waals surface area contributed by atoms with E-state index in [4.69, 9.17) is 17.2 Å². The lowest BCUT2D eigenvalue weighted by Gasteiger charge is -2.51. The lowest BCUT2D eigenvalue weighted by Crippen LogP contribution is -2.67. The minimum Gasteiger partial charge on any atom is -0.343 e. The Hall–Kier alpha value is -3.58. The van der Waals surface area contributed by atoms with Crippen molar-refractivity contribution in [2.24, 2.45) is 23.1 Å². The van der Waals surface area contributed by atoms with Crippen LogP contribution in [0, 0.1) is 5.92 Å². The topological polar surface area (TPSA) is 149 Å². The number of nitrogens with one attached hydrogen (secondary N) is 2. The number of fused-ring (bicyclic) bond motifs is 1. The minimum atomic E-state index is -4.48. The molecule has 1 fully saturated rings. The maximum atomic E-state index is 13.4. The number of halogens is 3. The van der Waals surface area contributed by atoms with E-state index in [-0.39, 0.29) is 12.3 Å². The van der Waals surface area contributed by atoms with Gasteiger partial charge in [0, 0.05) is 24.9 Å². The number of hydrogen-bond acceptors (Lipinski definition) is 6. The Morgan fingerprint density at radius 1 is 1.00 bits per heavy atom. The zero-order valence-electron chi connectivity index (χ0n) is 22.7. The molecule has 2 heterocycles. The van der Waals surface area contributed by atoms with Crippen LogP contribution in [0.4, 0.5) is 18.9 Å². The van der Waals surface area contributed by atoms with Crippen LogP contribution in [-0.2, 0) is 22.2 Å². The molecule has 9 nitrogen and oxygen atoms in total. The monoisotopic (exact) mass is 572 g/mol. The van der Waals surface area contributed by atoms with Gasteiger partial charge in [-0.25, -0.2) is 0 Å². The molecule has 41 heavy (non-hydrogen) atoms. The van der Waals surface area contributed by atoms with E-state index >= 15 is 0 Å². The van der Waals surface area contributed by atoms with Crippen LogP contribution >= 0.6 is 0 Å². The number of quaternary nitrogens is 1. The van der Waals surface area contributed by atoms with Crippen LogP contribution in [0.15, 0.2) is 60.8 Å². The van der Waals surface area contributed by atoms with Gasteiger partial charge in [-0.2, -0.15) is 13.2 Å². The second-order valence-electron chi connectivity index (χ2n) is 10.8. The molecular formula is C29H37F3N7O2+. The number of nitrogens with zero attached hydrogens (tertiary/aromatic N) is 2. The minimum absolute atomic E-state index is 0.0279. The van der Waals surface area contributed by atoms with Gasteiger partial charge in [0.05, 0.1) is 61.1 Å². The fraction of sp³-hybridized carbons (Fsp3) is 0.414. The first-order valence-electron chi connectivity index (χ1n) is 13.6. The lowest BCUT2D eigenvalue weighted by atomic mass is 9.88. The van der Waals surface area contributed by atoms with Crippen molar-refractivity contribution in [1.29, 1.82) is 0 Å². The van der Waals surface area contributed by atoms with Crippen LogP contribution in [0.25, 0.3) is 10.9 Å². The summed E-state index contributed by atoms with van der Waals surface area (Å²) in [4.78, 5) is 30.8. The quantitative estimate of drug-likeness (QED) is 0.210. The summed E-state index contributed by atoms with van der Waals surface area (Å²) in [5, 5.41) is 6.32. The Morgan fingerprint density at radius 2 is 1.66 bits per heavy atom. The van der Waals surface area contributed by atoms with E-state index in [1.807, 2.05) is 24.3 Å². The Labute approximate surface area is 236 Å². The molecule has 4 rings (SSSR count). The van der Waals surface area contributed by atoms with Gasteiger partial charge in [0.25, 0.3) is 0 Å². The van der Waals surface area contributed by atoms with Gasteiger partial charge in [0.1, 0.15) is 6.04 Å². The summed E-state index contributed by atoms with van der Waals surface area (Å²) in [7, 11) is 0. The van der Waals surface area contributed by atoms with Gasteiger partial charge in [-0.15, -0.1) is 0 Å². The molecule has 2 aromatic carbocycles. The third-order valence-electron chi connectivity index (χ3n) is 7.63. The van der Waals surface area contributed by atoms with Crippen molar-refractivity contribution < 1.29 is 27.2 Å². The highest BCUT2D eigenvalue weighted by Gasteiger charge is 2.44. The number of benzene rings is 2. The molecule has 0 unspecified atom stereocenters. The maximum Gasteiger partial charge on any atom is 0.416 e. The van der Waals surface area contributed by atoms with Crippen LogP contribution in [-0.4, -0.2) is 72.6 Å². The van der Waals surface area contributed by atoms with E-state index in [0.29, 0.717) is 30.8 Å². The predicted molar refractivity (Wildman–Crippen MR) is 151 cm³/mol. The van der Waals surface area contributed by atoms with Crippen LogP contribution in [0.3, 0.4) is 0 Å². The molecule has 0 bridgehead atoms. The summed E-state index contributed by atoms with van der Waals surface area (Å²) in [6.45, 7) is 4.39. The van der Waals surface area contributed by atoms with Crippen LogP contribution < -0.4 is 27.8 Å². The largest absolute Gasteiger partial charge is 0.416 e. The molecule has 2 atom stereocenters. The van der Waals surface area contributed by atoms with Crippen molar-refractivity contribution in [1.82, 2.24) is 10.3 Å². The molecule has 3 aromatic rings. The smallest absolute Gasteiger partial charge is 0.343 e. The average molecular weight is 573 g/mol. The number of alkyl halides is 3. The van der Waals surface area contributed by atoms with E-state index in [0.717, 1.165) is 53.7 Å². The zero-order chi connectivity index (χ0) is 29.6. The first-order valence-corrected chi connectivity index (χ1v) is 13.6. The van der Waals surface area contributed by atoms with Gasteiger partial charge >= 0.3 is 6.18 Å². The number of pyridine rings is 1. The number of anilines is 1. The molecule has 8 N–H and O–H groups in total. The third kappa shape index (κ3) is 7.79. The highest BCUT2D eigenvalue weighted by molar-refractivity contribution is 5.99. The summed E-state index contributed by atoms with van der Waals surface area (Å²) >= 11 is 0. The Kier molecular flexibility index (Phi) is 9.59. The SMILES string of the molecule is NCC[N+]1(CCN)CC(C[C@H](N)C(=O)N[C@@H](Cc2ccc(C(F)(F)F)cc2)C(=O)Nc2cnc3ccccc3c2)C1. The van der Waals surface area contributed by atoms with E-state index < -0.39 is 35.6 Å². The normalized spacial score (nSPS) is 16.5. The van der Waals surface area contributed by atoms with Gasteiger partial charge in [-0.1, -0.05) is 30.3 Å². The lowest BCUT2D eigenvalue weighted by molar-refractivity contribution is -0.971. The first-order chi connectivity index (χ1) is 19.5. The number of para-hydroxylation sites is 1. The zero-order valence-corrected chi connectivity index (χ0v) is 22.7. The number of carbonyl (C=O) groups is 2. The van der Waals surface area contributed by atoms with Crippen molar-refractivity contribution in [3.05, 3.63) is 71.9 Å². The van der Waals surface area contributed by atoms with Crippen LogP contribution in [0.2, 0.25) is 0 Å². The molecule has 12 heteroatoms. The van der Waals surface area contributed by atoms with E-state index in [9.17, 15) is 22.8 Å². The Morgan fingerprint density at radius 3 is 2.29 bits per heavy atom. The summed E-state index contributed by atoms with van der Waals surface area (Å²) < 4.78 is 39.9. The molecule has 1 aromatic heterocycles. The van der Waals surface area contributed by atoms with Crippen molar-refractivity contribution in [3.63, 3.8) is 0 Å². The summed E-state index contributed by atoms with van der Waals surface area (Å²) in [6, 6.07) is 11.7. The number of aromatic nitrogens is 1. The number of likely N-dealkylation sites (tertiary alicyclic amines) is 1. The summed E-state index contributed by atoms with van der Waals surface area (Å²) in [5.74, 6) is -0.816. The average Bonchev–Trinajstić information content (AvgIpc) is 2.91. The molecule has 220 valence electrons. The van der Waals surface area contributed by atoms with Gasteiger partial charge in [0.2, 0.25) is 11.8 Å². The molecule has 2 amide bonds.